The van der Waals surface area contributed by atoms with Crippen LogP contribution in [0, 0.1) is 18.7 Å². The topological polar surface area (TPSA) is 127 Å². The molecule has 5 rings (SSSR count). The van der Waals surface area contributed by atoms with E-state index in [1.54, 1.807) is 19.2 Å². The standard InChI is InChI=1S/C26H25FN4O5S/c1-13-11-16(27)7-8-17(13)21-19(26(34)35-2)20(30-22(31-21)24-28-9-10-37-24)14-3-5-15(6-4-14)23-29-18(12-36-23)25(32)33/h7-12,14-15,21H,3-6H2,1-2H3,(H,30,31)(H,32,33)/t14-,15-,21?. The van der Waals surface area contributed by atoms with Crippen molar-refractivity contribution in [3.05, 3.63) is 80.8 Å². The van der Waals surface area contributed by atoms with Gasteiger partial charge in [0.05, 0.1) is 12.7 Å². The number of hydrogen-bond donors (Lipinski definition) is 2. The number of aliphatic imine (C=N–C) groups is 1. The normalized spacial score (nSPS) is 21.8. The molecule has 1 saturated carbocycles. The van der Waals surface area contributed by atoms with E-state index in [4.69, 9.17) is 19.3 Å². The van der Waals surface area contributed by atoms with E-state index in [1.807, 2.05) is 5.38 Å². The smallest absolute Gasteiger partial charge is 0.357 e. The molecule has 0 saturated heterocycles. The Balaban J connectivity index is 1.51. The number of thiazole rings is 1. The van der Waals surface area contributed by atoms with Gasteiger partial charge in [0.25, 0.3) is 0 Å². The minimum absolute atomic E-state index is 0.0163. The van der Waals surface area contributed by atoms with Crippen molar-refractivity contribution < 1.29 is 28.2 Å². The Morgan fingerprint density at radius 3 is 2.59 bits per heavy atom. The van der Waals surface area contributed by atoms with E-state index in [9.17, 15) is 14.0 Å². The maximum atomic E-state index is 13.9. The fourth-order valence-electron chi connectivity index (χ4n) is 5.04. The molecular weight excluding hydrogens is 499 g/mol. The number of esters is 1. The van der Waals surface area contributed by atoms with E-state index in [-0.39, 0.29) is 23.3 Å². The molecule has 1 unspecified atom stereocenters. The van der Waals surface area contributed by atoms with Crippen LogP contribution in [0.3, 0.4) is 0 Å². The number of carboxylic acids is 1. The molecule has 2 N–H and O–H groups in total. The zero-order valence-electron chi connectivity index (χ0n) is 20.2. The number of nitrogens with one attached hydrogen (secondary N) is 1. The molecule has 1 aliphatic heterocycles. The number of methoxy groups -OCH3 is 1. The highest BCUT2D eigenvalue weighted by molar-refractivity contribution is 7.11. The van der Waals surface area contributed by atoms with Gasteiger partial charge in [-0.05, 0) is 61.8 Å². The van der Waals surface area contributed by atoms with Crippen LogP contribution in [-0.4, -0.2) is 40.0 Å². The van der Waals surface area contributed by atoms with Gasteiger partial charge < -0.3 is 19.6 Å². The third-order valence-electron chi connectivity index (χ3n) is 6.87. The average Bonchev–Trinajstić information content (AvgIpc) is 3.61. The summed E-state index contributed by atoms with van der Waals surface area (Å²) in [6.45, 7) is 1.79. The largest absolute Gasteiger partial charge is 0.476 e. The minimum atomic E-state index is -1.13. The summed E-state index contributed by atoms with van der Waals surface area (Å²) in [5.74, 6) is -1.06. The number of aromatic carboxylic acids is 1. The molecule has 1 aliphatic carbocycles. The molecule has 192 valence electrons. The highest BCUT2D eigenvalue weighted by Crippen LogP contribution is 2.43. The van der Waals surface area contributed by atoms with Gasteiger partial charge in [0, 0.05) is 23.2 Å². The molecule has 0 radical (unpaired) electrons. The van der Waals surface area contributed by atoms with E-state index in [0.29, 0.717) is 59.1 Å². The van der Waals surface area contributed by atoms with Crippen LogP contribution in [0.25, 0.3) is 0 Å². The first-order chi connectivity index (χ1) is 17.9. The number of hydrogen-bond acceptors (Lipinski definition) is 9. The van der Waals surface area contributed by atoms with Crippen molar-refractivity contribution in [2.75, 3.05) is 7.11 Å². The number of benzene rings is 1. The molecular formula is C26H25FN4O5S. The molecule has 0 bridgehead atoms. The molecule has 3 aromatic rings. The summed E-state index contributed by atoms with van der Waals surface area (Å²) in [4.78, 5) is 37.7. The summed E-state index contributed by atoms with van der Waals surface area (Å²) in [6, 6.07) is 3.76. The Bertz CT molecular complexity index is 1390. The quantitative estimate of drug-likeness (QED) is 0.442. The number of amidine groups is 1. The van der Waals surface area contributed by atoms with E-state index < -0.39 is 18.0 Å². The van der Waals surface area contributed by atoms with Crippen LogP contribution < -0.4 is 5.32 Å². The van der Waals surface area contributed by atoms with Crippen molar-refractivity contribution in [2.24, 2.45) is 10.9 Å². The van der Waals surface area contributed by atoms with E-state index >= 15 is 0 Å². The van der Waals surface area contributed by atoms with Gasteiger partial charge in [-0.15, -0.1) is 11.3 Å². The molecule has 1 fully saturated rings. The van der Waals surface area contributed by atoms with Gasteiger partial charge in [0.15, 0.2) is 22.4 Å². The van der Waals surface area contributed by atoms with Gasteiger partial charge >= 0.3 is 11.9 Å². The van der Waals surface area contributed by atoms with Gasteiger partial charge in [-0.25, -0.2) is 23.9 Å². The lowest BCUT2D eigenvalue weighted by Crippen LogP contribution is -2.37. The van der Waals surface area contributed by atoms with Gasteiger partial charge in [0.2, 0.25) is 0 Å². The fraction of sp³-hybridized carbons (Fsp3) is 0.346. The van der Waals surface area contributed by atoms with Crippen molar-refractivity contribution in [3.8, 4) is 0 Å². The van der Waals surface area contributed by atoms with Gasteiger partial charge in [0.1, 0.15) is 18.1 Å². The van der Waals surface area contributed by atoms with E-state index in [0.717, 1.165) is 12.0 Å². The van der Waals surface area contributed by atoms with Gasteiger partial charge in [-0.2, -0.15) is 0 Å². The number of halogens is 1. The van der Waals surface area contributed by atoms with Crippen LogP contribution in [0.15, 0.2) is 56.7 Å². The maximum absolute atomic E-state index is 13.9. The number of ether oxygens (including phenoxy) is 1. The number of oxazole rings is 1. The Morgan fingerprint density at radius 1 is 1.22 bits per heavy atom. The van der Waals surface area contributed by atoms with Gasteiger partial charge in [-0.1, -0.05) is 6.07 Å². The second-order valence-electron chi connectivity index (χ2n) is 9.09. The Hall–Kier alpha value is -3.86. The van der Waals surface area contributed by atoms with Crippen LogP contribution >= 0.6 is 11.3 Å². The Kier molecular flexibility index (Phi) is 6.88. The summed E-state index contributed by atoms with van der Waals surface area (Å²) in [5.41, 5.74) is 2.40. The second kappa shape index (κ2) is 10.3. The molecule has 0 spiro atoms. The van der Waals surface area contributed by atoms with Crippen molar-refractivity contribution in [1.82, 2.24) is 15.3 Å². The summed E-state index contributed by atoms with van der Waals surface area (Å²) in [6.07, 6.45) is 5.67. The molecule has 0 amide bonds. The number of aromatic nitrogens is 2. The van der Waals surface area contributed by atoms with Crippen LogP contribution in [0.5, 0.6) is 0 Å². The Morgan fingerprint density at radius 2 is 1.97 bits per heavy atom. The number of carboxylic acid groups (broad SMARTS) is 1. The summed E-state index contributed by atoms with van der Waals surface area (Å²) < 4.78 is 24.6. The zero-order chi connectivity index (χ0) is 26.1. The molecule has 2 aromatic heterocycles. The number of allylic oxidation sites excluding steroid dienone is 1. The highest BCUT2D eigenvalue weighted by Gasteiger charge is 2.38. The maximum Gasteiger partial charge on any atom is 0.357 e. The molecule has 1 atom stereocenters. The minimum Gasteiger partial charge on any atom is -0.476 e. The third kappa shape index (κ3) is 4.91. The number of aryl methyl sites for hydroxylation is 1. The molecule has 9 nitrogen and oxygen atoms in total. The second-order valence-corrected chi connectivity index (χ2v) is 9.98. The third-order valence-corrected chi connectivity index (χ3v) is 7.65. The summed E-state index contributed by atoms with van der Waals surface area (Å²) in [5, 5.41) is 15.1. The fourth-order valence-corrected chi connectivity index (χ4v) is 5.63. The summed E-state index contributed by atoms with van der Waals surface area (Å²) in [7, 11) is 1.33. The first-order valence-electron chi connectivity index (χ1n) is 11.9. The zero-order valence-corrected chi connectivity index (χ0v) is 21.0. The summed E-state index contributed by atoms with van der Waals surface area (Å²) >= 11 is 1.43. The Labute approximate surface area is 216 Å². The van der Waals surface area contributed by atoms with Crippen LogP contribution in [0.2, 0.25) is 0 Å². The highest BCUT2D eigenvalue weighted by atomic mass is 32.1. The SMILES string of the molecule is COC(=O)C1=C([C@H]2CC[C@H](c3nc(C(=O)O)co3)CC2)NC(c2nccs2)=NC1c1ccc(F)cc1C. The first-order valence-corrected chi connectivity index (χ1v) is 12.8. The van der Waals surface area contributed by atoms with Crippen LogP contribution in [0.4, 0.5) is 4.39 Å². The monoisotopic (exact) mass is 524 g/mol. The van der Waals surface area contributed by atoms with Crippen LogP contribution in [0.1, 0.15) is 70.2 Å². The van der Waals surface area contributed by atoms with Crippen molar-refractivity contribution in [3.63, 3.8) is 0 Å². The molecule has 11 heteroatoms. The van der Waals surface area contributed by atoms with Crippen LogP contribution in [-0.2, 0) is 9.53 Å². The van der Waals surface area contributed by atoms with E-state index in [1.165, 1.54) is 30.6 Å². The van der Waals surface area contributed by atoms with E-state index in [2.05, 4.69) is 15.3 Å². The lowest BCUT2D eigenvalue weighted by Gasteiger charge is -2.34. The molecule has 2 aliphatic rings. The molecule has 3 heterocycles. The number of carbonyl (C=O) groups is 2. The van der Waals surface area contributed by atoms with Gasteiger partial charge in [-0.3, -0.25) is 4.99 Å². The lowest BCUT2D eigenvalue weighted by molar-refractivity contribution is -0.136. The number of carbonyl (C=O) groups excluding carboxylic acids is 1. The van der Waals surface area contributed by atoms with Crippen molar-refractivity contribution in [2.45, 2.75) is 44.6 Å². The number of rotatable bonds is 6. The molecule has 1 aromatic carbocycles. The predicted octanol–water partition coefficient (Wildman–Crippen LogP) is 4.77. The lowest BCUT2D eigenvalue weighted by atomic mass is 9.77. The van der Waals surface area contributed by atoms with Crippen molar-refractivity contribution >= 4 is 29.1 Å². The predicted molar refractivity (Wildman–Crippen MR) is 133 cm³/mol. The average molecular weight is 525 g/mol. The number of nitrogens with zero attached hydrogens (tertiary/aromatic N) is 3. The molecule has 37 heavy (non-hydrogen) atoms. The first kappa shape index (κ1) is 24.8. The van der Waals surface area contributed by atoms with Crippen molar-refractivity contribution in [1.29, 1.82) is 0 Å².